The fourth-order valence-corrected chi connectivity index (χ4v) is 2.12. The summed E-state index contributed by atoms with van der Waals surface area (Å²) in [4.78, 5) is 24.7. The molecule has 0 aliphatic rings. The predicted octanol–water partition coefficient (Wildman–Crippen LogP) is 1.40. The second-order valence-electron chi connectivity index (χ2n) is 5.09. The number of fused-ring (bicyclic) bond motifs is 1. The van der Waals surface area contributed by atoms with Gasteiger partial charge in [-0.2, -0.15) is 13.2 Å². The second kappa shape index (κ2) is 7.32. The first kappa shape index (κ1) is 18.4. The summed E-state index contributed by atoms with van der Waals surface area (Å²) in [5.74, 6) is -0.527. The lowest BCUT2D eigenvalue weighted by atomic mass is 10.2. The highest BCUT2D eigenvalue weighted by Gasteiger charge is 2.31. The molecule has 0 saturated carbocycles. The quantitative estimate of drug-likeness (QED) is 0.795. The molecule has 2 amide bonds. The van der Waals surface area contributed by atoms with Crippen LogP contribution in [0.15, 0.2) is 31.0 Å². The number of alkyl halides is 3. The number of carbonyl (C=O) groups is 2. The topological polar surface area (TPSA) is 79.6 Å². The van der Waals surface area contributed by atoms with Gasteiger partial charge in [0.15, 0.2) is 11.5 Å². The van der Waals surface area contributed by atoms with Crippen molar-refractivity contribution in [3.63, 3.8) is 0 Å². The lowest BCUT2D eigenvalue weighted by molar-refractivity contribution is -0.137. The first-order valence-corrected chi connectivity index (χ1v) is 7.35. The number of carbonyl (C=O) groups excluding carboxylic acids is 2. The van der Waals surface area contributed by atoms with Gasteiger partial charge in [0, 0.05) is 12.7 Å². The molecule has 25 heavy (non-hydrogen) atoms. The van der Waals surface area contributed by atoms with E-state index in [0.29, 0.717) is 6.54 Å². The van der Waals surface area contributed by atoms with Crippen LogP contribution >= 0.6 is 0 Å². The number of likely N-dealkylation sites (N-methyl/N-ethyl adjacent to an activating group) is 1. The summed E-state index contributed by atoms with van der Waals surface area (Å²) in [6.45, 7) is 5.23. The van der Waals surface area contributed by atoms with E-state index in [0.717, 1.165) is 18.2 Å². The molecule has 0 aliphatic carbocycles. The van der Waals surface area contributed by atoms with Crippen molar-refractivity contribution in [3.05, 3.63) is 42.4 Å². The van der Waals surface area contributed by atoms with Gasteiger partial charge in [0.2, 0.25) is 11.8 Å². The Morgan fingerprint density at radius 2 is 2.12 bits per heavy atom. The summed E-state index contributed by atoms with van der Waals surface area (Å²) in [7, 11) is 0. The van der Waals surface area contributed by atoms with E-state index in [-0.39, 0.29) is 30.5 Å². The Labute approximate surface area is 141 Å². The van der Waals surface area contributed by atoms with Gasteiger partial charge in [0.25, 0.3) is 0 Å². The number of aromatic nitrogens is 3. The van der Waals surface area contributed by atoms with E-state index in [2.05, 4.69) is 22.1 Å². The van der Waals surface area contributed by atoms with Crippen LogP contribution < -0.4 is 5.32 Å². The molecule has 0 atom stereocenters. The van der Waals surface area contributed by atoms with Gasteiger partial charge in [-0.25, -0.2) is 0 Å². The van der Waals surface area contributed by atoms with Crippen molar-refractivity contribution in [2.75, 3.05) is 13.1 Å². The zero-order chi connectivity index (χ0) is 18.6. The van der Waals surface area contributed by atoms with Gasteiger partial charge >= 0.3 is 6.18 Å². The molecule has 0 radical (unpaired) electrons. The number of nitrogens with zero attached hydrogens (tertiary/aromatic N) is 4. The van der Waals surface area contributed by atoms with E-state index >= 15 is 0 Å². The third-order valence-electron chi connectivity index (χ3n) is 3.45. The summed E-state index contributed by atoms with van der Waals surface area (Å²) >= 11 is 0. The highest BCUT2D eigenvalue weighted by molar-refractivity contribution is 5.90. The van der Waals surface area contributed by atoms with Gasteiger partial charge in [-0.3, -0.25) is 14.0 Å². The summed E-state index contributed by atoms with van der Waals surface area (Å²) in [6.07, 6.45) is -2.16. The maximum Gasteiger partial charge on any atom is 0.416 e. The minimum atomic E-state index is -4.47. The minimum Gasteiger partial charge on any atom is -0.347 e. The second-order valence-corrected chi connectivity index (χ2v) is 5.09. The Morgan fingerprint density at radius 3 is 2.72 bits per heavy atom. The molecular formula is C15H16F3N5O2. The van der Waals surface area contributed by atoms with Crippen LogP contribution in [0.4, 0.5) is 13.2 Å². The third-order valence-corrected chi connectivity index (χ3v) is 3.45. The standard InChI is InChI=1S/C15H16F3N5O2/c1-3-14(25)22(4-2)9-13(24)19-8-12-21-20-11-7-10(15(16,17)18)5-6-23(11)12/h3,5-7H,1,4,8-9H2,2H3,(H,19,24). The van der Waals surface area contributed by atoms with Crippen molar-refractivity contribution in [2.24, 2.45) is 0 Å². The summed E-state index contributed by atoms with van der Waals surface area (Å²) in [6, 6.07) is 1.78. The summed E-state index contributed by atoms with van der Waals surface area (Å²) < 4.78 is 39.4. The highest BCUT2D eigenvalue weighted by Crippen LogP contribution is 2.29. The molecule has 0 fully saturated rings. The fraction of sp³-hybridized carbons (Fsp3) is 0.333. The van der Waals surface area contributed by atoms with Crippen LogP contribution in [-0.2, 0) is 22.3 Å². The van der Waals surface area contributed by atoms with Crippen LogP contribution in [0.5, 0.6) is 0 Å². The maximum atomic E-state index is 12.7. The number of halogens is 3. The van der Waals surface area contributed by atoms with Crippen molar-refractivity contribution >= 4 is 17.5 Å². The smallest absolute Gasteiger partial charge is 0.347 e. The number of rotatable bonds is 6. The first-order chi connectivity index (χ1) is 11.8. The maximum absolute atomic E-state index is 12.7. The van der Waals surface area contributed by atoms with Crippen molar-refractivity contribution in [2.45, 2.75) is 19.6 Å². The van der Waals surface area contributed by atoms with Gasteiger partial charge in [-0.15, -0.1) is 10.2 Å². The Hall–Kier alpha value is -2.91. The molecule has 0 unspecified atom stereocenters. The molecular weight excluding hydrogens is 339 g/mol. The molecule has 0 spiro atoms. The molecule has 2 aromatic heterocycles. The SMILES string of the molecule is C=CC(=O)N(CC)CC(=O)NCc1nnc2cc(C(F)(F)F)ccn12. The van der Waals surface area contributed by atoms with Crippen LogP contribution in [0, 0.1) is 0 Å². The van der Waals surface area contributed by atoms with Crippen LogP contribution in [0.2, 0.25) is 0 Å². The van der Waals surface area contributed by atoms with Gasteiger partial charge in [-0.1, -0.05) is 6.58 Å². The molecule has 134 valence electrons. The number of nitrogens with one attached hydrogen (secondary N) is 1. The van der Waals surface area contributed by atoms with E-state index in [1.54, 1.807) is 6.92 Å². The Balaban J connectivity index is 2.05. The number of hydrogen-bond acceptors (Lipinski definition) is 4. The van der Waals surface area contributed by atoms with Crippen LogP contribution in [0.25, 0.3) is 5.65 Å². The molecule has 10 heteroatoms. The highest BCUT2D eigenvalue weighted by atomic mass is 19.4. The van der Waals surface area contributed by atoms with E-state index in [4.69, 9.17) is 0 Å². The predicted molar refractivity (Wildman–Crippen MR) is 82.3 cm³/mol. The monoisotopic (exact) mass is 355 g/mol. The summed E-state index contributed by atoms with van der Waals surface area (Å²) in [5.41, 5.74) is -0.805. The van der Waals surface area contributed by atoms with Gasteiger partial charge in [0.05, 0.1) is 18.7 Å². The molecule has 0 bridgehead atoms. The average Bonchev–Trinajstić information content (AvgIpc) is 2.98. The van der Waals surface area contributed by atoms with Gasteiger partial charge in [0.1, 0.15) is 0 Å². The number of amides is 2. The van der Waals surface area contributed by atoms with E-state index in [1.165, 1.54) is 15.5 Å². The Bertz CT molecular complexity index is 800. The zero-order valence-corrected chi connectivity index (χ0v) is 13.4. The molecule has 2 rings (SSSR count). The molecule has 7 nitrogen and oxygen atoms in total. The molecule has 2 aromatic rings. The van der Waals surface area contributed by atoms with Crippen molar-refractivity contribution < 1.29 is 22.8 Å². The van der Waals surface area contributed by atoms with E-state index in [1.807, 2.05) is 0 Å². The minimum absolute atomic E-state index is 0.0242. The largest absolute Gasteiger partial charge is 0.416 e. The molecule has 1 N–H and O–H groups in total. The number of hydrogen-bond donors (Lipinski definition) is 1. The van der Waals surface area contributed by atoms with E-state index < -0.39 is 17.6 Å². The van der Waals surface area contributed by atoms with Crippen LogP contribution in [0.3, 0.4) is 0 Å². The van der Waals surface area contributed by atoms with Crippen molar-refractivity contribution in [1.82, 2.24) is 24.8 Å². The molecule has 0 aromatic carbocycles. The van der Waals surface area contributed by atoms with Crippen molar-refractivity contribution in [1.29, 1.82) is 0 Å². The lowest BCUT2D eigenvalue weighted by Gasteiger charge is -2.18. The molecule has 2 heterocycles. The normalized spacial score (nSPS) is 11.4. The van der Waals surface area contributed by atoms with Gasteiger partial charge in [-0.05, 0) is 25.1 Å². The lowest BCUT2D eigenvalue weighted by Crippen LogP contribution is -2.39. The fourth-order valence-electron chi connectivity index (χ4n) is 2.12. The molecule has 0 aliphatic heterocycles. The van der Waals surface area contributed by atoms with E-state index in [9.17, 15) is 22.8 Å². The van der Waals surface area contributed by atoms with Crippen molar-refractivity contribution in [3.8, 4) is 0 Å². The number of pyridine rings is 1. The van der Waals surface area contributed by atoms with Crippen LogP contribution in [0.1, 0.15) is 18.3 Å². The third kappa shape index (κ3) is 4.34. The van der Waals surface area contributed by atoms with Gasteiger partial charge < -0.3 is 10.2 Å². The Morgan fingerprint density at radius 1 is 1.40 bits per heavy atom. The molecule has 0 saturated heterocycles. The summed E-state index contributed by atoms with van der Waals surface area (Å²) in [5, 5.41) is 10.0. The van der Waals surface area contributed by atoms with Crippen LogP contribution in [-0.4, -0.2) is 44.4 Å². The first-order valence-electron chi connectivity index (χ1n) is 7.35. The average molecular weight is 355 g/mol. The Kier molecular flexibility index (Phi) is 5.40. The zero-order valence-electron chi connectivity index (χ0n) is 13.4.